The first-order chi connectivity index (χ1) is 13.3. The lowest BCUT2D eigenvalue weighted by Crippen LogP contribution is -1.95. The molecule has 0 aliphatic carbocycles. The van der Waals surface area contributed by atoms with E-state index < -0.39 is 0 Å². The Kier molecular flexibility index (Phi) is 3.75. The monoisotopic (exact) mass is 349 g/mol. The van der Waals surface area contributed by atoms with Gasteiger partial charge in [0, 0.05) is 28.5 Å². The zero-order valence-electron chi connectivity index (χ0n) is 15.1. The van der Waals surface area contributed by atoms with Crippen LogP contribution in [0, 0.1) is 0 Å². The van der Waals surface area contributed by atoms with Crippen LogP contribution in [0.15, 0.2) is 95.5 Å². The van der Waals surface area contributed by atoms with E-state index in [0.717, 1.165) is 33.2 Å². The molecular weight excluding hydrogens is 330 g/mol. The predicted octanol–water partition coefficient (Wildman–Crippen LogP) is 6.80. The van der Waals surface area contributed by atoms with Crippen LogP contribution in [-0.4, -0.2) is 4.98 Å². The van der Waals surface area contributed by atoms with Crippen molar-refractivity contribution in [1.29, 1.82) is 0 Å². The average Bonchev–Trinajstić information content (AvgIpc) is 3.12. The standard InChI is InChI=1S/C25H19NO/c1-17(18-8-3-2-4-9-18)19-13-14-20-21-10-7-11-22(23-12-5-6-15-26-23)25(21)27-24(20)16-19/h2-17H,1H3. The number of hydrogen-bond donors (Lipinski definition) is 0. The van der Waals surface area contributed by atoms with Crippen molar-refractivity contribution in [2.24, 2.45) is 0 Å². The van der Waals surface area contributed by atoms with Gasteiger partial charge >= 0.3 is 0 Å². The second-order valence-electron chi connectivity index (χ2n) is 6.89. The Labute approximate surface area is 158 Å². The predicted molar refractivity (Wildman–Crippen MR) is 111 cm³/mol. The van der Waals surface area contributed by atoms with Crippen LogP contribution in [0.2, 0.25) is 0 Å². The van der Waals surface area contributed by atoms with Gasteiger partial charge in [0.05, 0.1) is 5.69 Å². The van der Waals surface area contributed by atoms with Crippen LogP contribution >= 0.6 is 0 Å². The first-order valence-electron chi connectivity index (χ1n) is 9.23. The summed E-state index contributed by atoms with van der Waals surface area (Å²) in [5, 5.41) is 2.28. The molecule has 1 unspecified atom stereocenters. The Morgan fingerprint density at radius 1 is 0.741 bits per heavy atom. The van der Waals surface area contributed by atoms with Crippen molar-refractivity contribution in [3.05, 3.63) is 102 Å². The largest absolute Gasteiger partial charge is 0.455 e. The maximum atomic E-state index is 6.32. The summed E-state index contributed by atoms with van der Waals surface area (Å²) < 4.78 is 6.32. The molecule has 5 rings (SSSR count). The number of pyridine rings is 1. The summed E-state index contributed by atoms with van der Waals surface area (Å²) >= 11 is 0. The highest BCUT2D eigenvalue weighted by Crippen LogP contribution is 2.36. The molecule has 0 aliphatic heterocycles. The lowest BCUT2D eigenvalue weighted by molar-refractivity contribution is 0.668. The first kappa shape index (κ1) is 15.8. The van der Waals surface area contributed by atoms with Crippen LogP contribution < -0.4 is 0 Å². The topological polar surface area (TPSA) is 26.0 Å². The van der Waals surface area contributed by atoms with Crippen LogP contribution in [0.25, 0.3) is 33.2 Å². The van der Waals surface area contributed by atoms with Gasteiger partial charge in [-0.05, 0) is 35.4 Å². The van der Waals surface area contributed by atoms with E-state index in [1.54, 1.807) is 0 Å². The molecule has 0 amide bonds. The molecule has 1 atom stereocenters. The highest BCUT2D eigenvalue weighted by atomic mass is 16.3. The normalized spacial score (nSPS) is 12.5. The minimum atomic E-state index is 0.319. The summed E-state index contributed by atoms with van der Waals surface area (Å²) in [5.74, 6) is 0.319. The molecule has 27 heavy (non-hydrogen) atoms. The fourth-order valence-corrected chi connectivity index (χ4v) is 3.74. The van der Waals surface area contributed by atoms with Gasteiger partial charge < -0.3 is 4.42 Å². The Morgan fingerprint density at radius 3 is 2.41 bits per heavy atom. The molecule has 2 heteroatoms. The van der Waals surface area contributed by atoms with Crippen molar-refractivity contribution in [3.63, 3.8) is 0 Å². The number of fused-ring (bicyclic) bond motifs is 3. The van der Waals surface area contributed by atoms with E-state index in [4.69, 9.17) is 4.42 Å². The van der Waals surface area contributed by atoms with E-state index in [9.17, 15) is 0 Å². The Balaban J connectivity index is 1.67. The summed E-state index contributed by atoms with van der Waals surface area (Å²) in [4.78, 5) is 4.49. The van der Waals surface area contributed by atoms with Crippen LogP contribution in [0.5, 0.6) is 0 Å². The molecule has 0 bridgehead atoms. The number of furan rings is 1. The van der Waals surface area contributed by atoms with Crippen LogP contribution in [0.1, 0.15) is 24.0 Å². The molecule has 0 saturated carbocycles. The highest BCUT2D eigenvalue weighted by Gasteiger charge is 2.15. The van der Waals surface area contributed by atoms with E-state index in [2.05, 4.69) is 78.6 Å². The third-order valence-corrected chi connectivity index (χ3v) is 5.26. The van der Waals surface area contributed by atoms with E-state index in [-0.39, 0.29) is 0 Å². The molecule has 0 fully saturated rings. The summed E-state index contributed by atoms with van der Waals surface area (Å²) in [6, 6.07) is 29.4. The molecule has 0 radical (unpaired) electrons. The molecule has 2 aromatic heterocycles. The minimum absolute atomic E-state index is 0.319. The number of benzene rings is 3. The van der Waals surface area contributed by atoms with Gasteiger partial charge in [-0.15, -0.1) is 0 Å². The summed E-state index contributed by atoms with van der Waals surface area (Å²) in [6.45, 7) is 2.23. The third-order valence-electron chi connectivity index (χ3n) is 5.26. The van der Waals surface area contributed by atoms with Crippen molar-refractivity contribution in [1.82, 2.24) is 4.98 Å². The zero-order chi connectivity index (χ0) is 18.2. The van der Waals surface area contributed by atoms with Gasteiger partial charge in [-0.1, -0.05) is 67.6 Å². The van der Waals surface area contributed by atoms with Crippen LogP contribution in [0.4, 0.5) is 0 Å². The second kappa shape index (κ2) is 6.40. The highest BCUT2D eigenvalue weighted by molar-refractivity contribution is 6.09. The SMILES string of the molecule is CC(c1ccccc1)c1ccc2c(c1)oc1c(-c3ccccn3)cccc12. The van der Waals surface area contributed by atoms with Crippen molar-refractivity contribution in [3.8, 4) is 11.3 Å². The molecule has 0 N–H and O–H groups in total. The van der Waals surface area contributed by atoms with Gasteiger partial charge in [0.1, 0.15) is 11.2 Å². The average molecular weight is 349 g/mol. The van der Waals surface area contributed by atoms with Crippen LogP contribution in [-0.2, 0) is 0 Å². The molecular formula is C25H19NO. The summed E-state index contributed by atoms with van der Waals surface area (Å²) in [5.41, 5.74) is 6.35. The van der Waals surface area contributed by atoms with Gasteiger partial charge in [0.25, 0.3) is 0 Å². The number of nitrogens with zero attached hydrogens (tertiary/aromatic N) is 1. The molecule has 2 heterocycles. The molecule has 3 aromatic carbocycles. The van der Waals surface area contributed by atoms with Gasteiger partial charge in [-0.2, -0.15) is 0 Å². The maximum Gasteiger partial charge on any atom is 0.144 e. The number of hydrogen-bond acceptors (Lipinski definition) is 2. The number of rotatable bonds is 3. The first-order valence-corrected chi connectivity index (χ1v) is 9.23. The molecule has 0 saturated heterocycles. The van der Waals surface area contributed by atoms with Crippen LogP contribution in [0.3, 0.4) is 0 Å². The van der Waals surface area contributed by atoms with Crippen molar-refractivity contribution in [2.75, 3.05) is 0 Å². The Morgan fingerprint density at radius 2 is 1.59 bits per heavy atom. The number of para-hydroxylation sites is 1. The van der Waals surface area contributed by atoms with Gasteiger partial charge in [-0.3, -0.25) is 4.98 Å². The maximum absolute atomic E-state index is 6.32. The smallest absolute Gasteiger partial charge is 0.144 e. The summed E-state index contributed by atoms with van der Waals surface area (Å²) in [6.07, 6.45) is 1.82. The summed E-state index contributed by atoms with van der Waals surface area (Å²) in [7, 11) is 0. The lowest BCUT2D eigenvalue weighted by Gasteiger charge is -2.12. The number of aromatic nitrogens is 1. The van der Waals surface area contributed by atoms with E-state index in [1.165, 1.54) is 11.1 Å². The fraction of sp³-hybridized carbons (Fsp3) is 0.0800. The molecule has 0 aliphatic rings. The van der Waals surface area contributed by atoms with E-state index >= 15 is 0 Å². The van der Waals surface area contributed by atoms with Gasteiger partial charge in [0.15, 0.2) is 0 Å². The van der Waals surface area contributed by atoms with Gasteiger partial charge in [-0.25, -0.2) is 0 Å². The van der Waals surface area contributed by atoms with E-state index in [0.29, 0.717) is 5.92 Å². The van der Waals surface area contributed by atoms with Gasteiger partial charge in [0.2, 0.25) is 0 Å². The minimum Gasteiger partial charge on any atom is -0.455 e. The lowest BCUT2D eigenvalue weighted by atomic mass is 9.92. The van der Waals surface area contributed by atoms with Crippen molar-refractivity contribution < 1.29 is 4.42 Å². The zero-order valence-corrected chi connectivity index (χ0v) is 15.1. The third kappa shape index (κ3) is 2.70. The molecule has 0 spiro atoms. The Hall–Kier alpha value is -3.39. The second-order valence-corrected chi connectivity index (χ2v) is 6.89. The molecule has 2 nitrogen and oxygen atoms in total. The van der Waals surface area contributed by atoms with Crippen molar-refractivity contribution in [2.45, 2.75) is 12.8 Å². The van der Waals surface area contributed by atoms with E-state index in [1.807, 2.05) is 24.4 Å². The van der Waals surface area contributed by atoms with Crippen molar-refractivity contribution >= 4 is 21.9 Å². The Bertz CT molecular complexity index is 1220. The fourth-order valence-electron chi connectivity index (χ4n) is 3.74. The molecule has 5 aromatic rings. The molecule has 130 valence electrons. The quantitative estimate of drug-likeness (QED) is 0.358.